The number of piperazine rings is 1. The molecule has 0 aromatic heterocycles. The highest BCUT2D eigenvalue weighted by Gasteiger charge is 2.51. The maximum Gasteiger partial charge on any atom is 0.251 e. The van der Waals surface area contributed by atoms with Crippen LogP contribution in [0.5, 0.6) is 0 Å². The van der Waals surface area contributed by atoms with Gasteiger partial charge in [-0.25, -0.2) is 0 Å². The third-order valence-electron chi connectivity index (χ3n) is 5.06. The van der Waals surface area contributed by atoms with Crippen LogP contribution in [0.15, 0.2) is 30.3 Å². The third-order valence-corrected chi connectivity index (χ3v) is 5.06. The molecule has 4 rings (SSSR count). The van der Waals surface area contributed by atoms with Gasteiger partial charge in [0.2, 0.25) is 11.8 Å². The summed E-state index contributed by atoms with van der Waals surface area (Å²) in [4.78, 5) is 40.8. The zero-order valence-electron chi connectivity index (χ0n) is 12.8. The van der Waals surface area contributed by atoms with E-state index in [9.17, 15) is 14.4 Å². The minimum atomic E-state index is -0.405. The van der Waals surface area contributed by atoms with Crippen LogP contribution in [0, 0.1) is 0 Å². The molecular formula is C17H19N3O3. The lowest BCUT2D eigenvalue weighted by Gasteiger charge is -2.38. The summed E-state index contributed by atoms with van der Waals surface area (Å²) in [5.74, 6) is -0.0667. The number of nitrogens with one attached hydrogen (secondary N) is 1. The van der Waals surface area contributed by atoms with Crippen molar-refractivity contribution in [3.05, 3.63) is 35.9 Å². The van der Waals surface area contributed by atoms with E-state index in [1.807, 2.05) is 18.2 Å². The summed E-state index contributed by atoms with van der Waals surface area (Å²) in [7, 11) is 0. The van der Waals surface area contributed by atoms with E-state index in [0.717, 1.165) is 12.8 Å². The van der Waals surface area contributed by atoms with E-state index in [0.29, 0.717) is 25.1 Å². The van der Waals surface area contributed by atoms with Crippen molar-refractivity contribution in [3.63, 3.8) is 0 Å². The normalized spacial score (nSPS) is 29.5. The molecule has 6 heteroatoms. The molecule has 3 fully saturated rings. The van der Waals surface area contributed by atoms with Crippen LogP contribution < -0.4 is 5.32 Å². The Kier molecular flexibility index (Phi) is 3.32. The van der Waals surface area contributed by atoms with Gasteiger partial charge in [-0.3, -0.25) is 14.4 Å². The molecule has 23 heavy (non-hydrogen) atoms. The molecule has 0 aliphatic carbocycles. The first kappa shape index (κ1) is 14.2. The summed E-state index contributed by atoms with van der Waals surface area (Å²) in [5, 5.41) is 2.95. The van der Waals surface area contributed by atoms with Gasteiger partial charge in [0, 0.05) is 24.7 Å². The monoisotopic (exact) mass is 313 g/mol. The van der Waals surface area contributed by atoms with E-state index < -0.39 is 6.04 Å². The average molecular weight is 313 g/mol. The molecule has 3 heterocycles. The maximum absolute atomic E-state index is 12.6. The van der Waals surface area contributed by atoms with Crippen LogP contribution >= 0.6 is 0 Å². The molecule has 3 amide bonds. The molecule has 0 bridgehead atoms. The summed E-state index contributed by atoms with van der Waals surface area (Å²) in [6.45, 7) is 1.11. The lowest BCUT2D eigenvalue weighted by atomic mass is 10.1. The number of amides is 3. The first-order valence-electron chi connectivity index (χ1n) is 8.12. The Morgan fingerprint density at radius 3 is 2.57 bits per heavy atom. The van der Waals surface area contributed by atoms with E-state index in [1.54, 1.807) is 21.9 Å². The van der Waals surface area contributed by atoms with Crippen LogP contribution in [-0.4, -0.2) is 58.7 Å². The fourth-order valence-corrected chi connectivity index (χ4v) is 3.95. The largest absolute Gasteiger partial charge is 0.347 e. The lowest BCUT2D eigenvalue weighted by Crippen LogP contribution is -2.60. The van der Waals surface area contributed by atoms with Crippen molar-refractivity contribution in [3.8, 4) is 0 Å². The van der Waals surface area contributed by atoms with Gasteiger partial charge in [-0.1, -0.05) is 18.2 Å². The fraction of sp³-hybridized carbons (Fsp3) is 0.471. The summed E-state index contributed by atoms with van der Waals surface area (Å²) >= 11 is 0. The van der Waals surface area contributed by atoms with E-state index >= 15 is 0 Å². The smallest absolute Gasteiger partial charge is 0.251 e. The molecule has 1 aromatic carbocycles. The minimum Gasteiger partial charge on any atom is -0.347 e. The SMILES string of the molecule is O=C(N[C@H]1C[C@H]2C(=O)N3CCC[C@@H]3C(=O)N2C1)c1ccccc1. The van der Waals surface area contributed by atoms with E-state index in [1.165, 1.54) is 0 Å². The van der Waals surface area contributed by atoms with Crippen LogP contribution in [0.1, 0.15) is 29.6 Å². The molecular weight excluding hydrogens is 294 g/mol. The molecule has 0 unspecified atom stereocenters. The van der Waals surface area contributed by atoms with Gasteiger partial charge in [-0.2, -0.15) is 0 Å². The summed E-state index contributed by atoms with van der Waals surface area (Å²) in [5.41, 5.74) is 0.593. The Bertz CT molecular complexity index is 630. The second-order valence-electron chi connectivity index (χ2n) is 6.47. The minimum absolute atomic E-state index is 0.0450. The van der Waals surface area contributed by atoms with Crippen molar-refractivity contribution < 1.29 is 14.4 Å². The number of nitrogens with zero attached hydrogens (tertiary/aromatic N) is 2. The molecule has 3 saturated heterocycles. The zero-order valence-corrected chi connectivity index (χ0v) is 12.8. The van der Waals surface area contributed by atoms with Crippen molar-refractivity contribution in [2.75, 3.05) is 13.1 Å². The number of hydrogen-bond acceptors (Lipinski definition) is 3. The van der Waals surface area contributed by atoms with Gasteiger partial charge < -0.3 is 15.1 Å². The van der Waals surface area contributed by atoms with Gasteiger partial charge in [0.05, 0.1) is 0 Å². The number of hydrogen-bond donors (Lipinski definition) is 1. The Morgan fingerprint density at radius 2 is 1.78 bits per heavy atom. The number of rotatable bonds is 2. The van der Waals surface area contributed by atoms with Crippen molar-refractivity contribution in [1.82, 2.24) is 15.1 Å². The van der Waals surface area contributed by atoms with Crippen molar-refractivity contribution in [2.24, 2.45) is 0 Å². The number of carbonyl (C=O) groups excluding carboxylic acids is 3. The Balaban J connectivity index is 1.47. The zero-order chi connectivity index (χ0) is 16.0. The molecule has 3 atom stereocenters. The summed E-state index contributed by atoms with van der Waals surface area (Å²) < 4.78 is 0. The molecule has 3 aliphatic rings. The highest BCUT2D eigenvalue weighted by Crippen LogP contribution is 2.32. The first-order valence-corrected chi connectivity index (χ1v) is 8.12. The molecule has 6 nitrogen and oxygen atoms in total. The third kappa shape index (κ3) is 2.29. The van der Waals surface area contributed by atoms with Gasteiger partial charge in [0.25, 0.3) is 5.91 Å². The lowest BCUT2D eigenvalue weighted by molar-refractivity contribution is -0.156. The van der Waals surface area contributed by atoms with Crippen LogP contribution in [0.4, 0.5) is 0 Å². The van der Waals surface area contributed by atoms with Crippen LogP contribution in [-0.2, 0) is 9.59 Å². The van der Waals surface area contributed by atoms with Crippen molar-refractivity contribution in [1.29, 1.82) is 0 Å². The van der Waals surface area contributed by atoms with Crippen molar-refractivity contribution >= 4 is 17.7 Å². The average Bonchev–Trinajstić information content (AvgIpc) is 3.21. The first-order chi connectivity index (χ1) is 11.1. The number of fused-ring (bicyclic) bond motifs is 2. The van der Waals surface area contributed by atoms with E-state index in [2.05, 4.69) is 5.32 Å². The van der Waals surface area contributed by atoms with Gasteiger partial charge in [0.15, 0.2) is 0 Å². The highest BCUT2D eigenvalue weighted by molar-refractivity contribution is 5.98. The van der Waals surface area contributed by atoms with E-state index in [-0.39, 0.29) is 29.8 Å². The Labute approximate surface area is 134 Å². The maximum atomic E-state index is 12.6. The molecule has 3 aliphatic heterocycles. The van der Waals surface area contributed by atoms with Crippen LogP contribution in [0.2, 0.25) is 0 Å². The summed E-state index contributed by atoms with van der Waals surface area (Å²) in [6, 6.07) is 8.15. The second-order valence-corrected chi connectivity index (χ2v) is 6.47. The van der Waals surface area contributed by atoms with Gasteiger partial charge in [-0.15, -0.1) is 0 Å². The van der Waals surface area contributed by atoms with Gasteiger partial charge in [0.1, 0.15) is 12.1 Å². The standard InChI is InChI=1S/C17H19N3O3/c21-15(11-5-2-1-3-6-11)18-12-9-14-17(23)19-8-4-7-13(19)16(22)20(14)10-12/h1-3,5-6,12-14H,4,7-10H2,(H,18,21)/t12-,13+,14-/m0/s1. The highest BCUT2D eigenvalue weighted by atomic mass is 16.2. The predicted molar refractivity (Wildman–Crippen MR) is 82.5 cm³/mol. The van der Waals surface area contributed by atoms with Crippen LogP contribution in [0.25, 0.3) is 0 Å². The number of carbonyl (C=O) groups is 3. The second kappa shape index (κ2) is 5.37. The molecule has 0 spiro atoms. The van der Waals surface area contributed by atoms with Gasteiger partial charge >= 0.3 is 0 Å². The molecule has 0 radical (unpaired) electrons. The molecule has 1 N–H and O–H groups in total. The Morgan fingerprint density at radius 1 is 1.04 bits per heavy atom. The quantitative estimate of drug-likeness (QED) is 0.859. The topological polar surface area (TPSA) is 69.7 Å². The van der Waals surface area contributed by atoms with E-state index in [4.69, 9.17) is 0 Å². The summed E-state index contributed by atoms with van der Waals surface area (Å²) in [6.07, 6.45) is 2.16. The van der Waals surface area contributed by atoms with Crippen LogP contribution in [0.3, 0.4) is 0 Å². The molecule has 0 saturated carbocycles. The fourth-order valence-electron chi connectivity index (χ4n) is 3.95. The van der Waals surface area contributed by atoms with Crippen molar-refractivity contribution in [2.45, 2.75) is 37.4 Å². The Hall–Kier alpha value is -2.37. The molecule has 120 valence electrons. The predicted octanol–water partition coefficient (Wildman–Crippen LogP) is 0.391. The van der Waals surface area contributed by atoms with Gasteiger partial charge in [-0.05, 0) is 31.4 Å². The number of benzene rings is 1. The molecule has 1 aromatic rings.